The number of nitrogens with one attached hydrogen (secondary N) is 2. The molecule has 1 amide bonds. The zero-order valence-electron chi connectivity index (χ0n) is 12.0. The zero-order chi connectivity index (χ0) is 14.5. The maximum Gasteiger partial charge on any atom is 0.253 e. The van der Waals surface area contributed by atoms with E-state index in [1.165, 1.54) is 0 Å². The van der Waals surface area contributed by atoms with Crippen LogP contribution in [-0.4, -0.2) is 17.6 Å². The highest BCUT2D eigenvalue weighted by atomic mass is 16.5. The van der Waals surface area contributed by atoms with Crippen molar-refractivity contribution in [1.29, 1.82) is 0 Å². The van der Waals surface area contributed by atoms with Gasteiger partial charge in [-0.3, -0.25) is 4.79 Å². The van der Waals surface area contributed by atoms with E-state index in [2.05, 4.69) is 15.8 Å². The Labute approximate surface area is 118 Å². The van der Waals surface area contributed by atoms with Crippen LogP contribution >= 0.6 is 0 Å². The summed E-state index contributed by atoms with van der Waals surface area (Å²) in [5.41, 5.74) is 3.32. The first-order valence-electron chi connectivity index (χ1n) is 6.65. The van der Waals surface area contributed by atoms with E-state index in [0.29, 0.717) is 17.8 Å². The van der Waals surface area contributed by atoms with E-state index in [1.807, 2.05) is 39.0 Å². The topological polar surface area (TPSA) is 67.2 Å². The number of hydrogen-bond acceptors (Lipinski definition) is 4. The van der Waals surface area contributed by atoms with Crippen molar-refractivity contribution in [2.45, 2.75) is 27.3 Å². The molecule has 0 saturated heterocycles. The molecule has 5 heteroatoms. The fourth-order valence-electron chi connectivity index (χ4n) is 1.96. The normalized spacial score (nSPS) is 10.3. The fourth-order valence-corrected chi connectivity index (χ4v) is 1.96. The molecule has 0 aliphatic rings. The first-order chi connectivity index (χ1) is 9.60. The van der Waals surface area contributed by atoms with Crippen molar-refractivity contribution in [2.24, 2.45) is 0 Å². The van der Waals surface area contributed by atoms with E-state index in [9.17, 15) is 4.79 Å². The molecular formula is C15H19N3O2. The van der Waals surface area contributed by atoms with Gasteiger partial charge in [-0.15, -0.1) is 0 Å². The van der Waals surface area contributed by atoms with Crippen LogP contribution in [0.1, 0.15) is 34.3 Å². The lowest BCUT2D eigenvalue weighted by atomic mass is 10.1. The lowest BCUT2D eigenvalue weighted by Crippen LogP contribution is -2.24. The Morgan fingerprint density at radius 2 is 2.10 bits per heavy atom. The Bertz CT molecular complexity index is 605. The molecule has 0 radical (unpaired) electrons. The molecule has 1 heterocycles. The van der Waals surface area contributed by atoms with E-state index < -0.39 is 0 Å². The molecule has 0 saturated carbocycles. The maximum atomic E-state index is 12.2. The van der Waals surface area contributed by atoms with Gasteiger partial charge in [-0.2, -0.15) is 0 Å². The van der Waals surface area contributed by atoms with Gasteiger partial charge in [0.15, 0.2) is 0 Å². The predicted octanol–water partition coefficient (Wildman–Crippen LogP) is 2.65. The van der Waals surface area contributed by atoms with Crippen molar-refractivity contribution < 1.29 is 9.32 Å². The van der Waals surface area contributed by atoms with Gasteiger partial charge < -0.3 is 15.2 Å². The highest BCUT2D eigenvalue weighted by molar-refractivity contribution is 5.99. The molecule has 0 unspecified atom stereocenters. The van der Waals surface area contributed by atoms with Gasteiger partial charge >= 0.3 is 0 Å². The summed E-state index contributed by atoms with van der Waals surface area (Å²) < 4.78 is 4.97. The second-order valence-corrected chi connectivity index (χ2v) is 4.69. The summed E-state index contributed by atoms with van der Waals surface area (Å²) in [7, 11) is 0. The quantitative estimate of drug-likeness (QED) is 0.879. The molecule has 0 aliphatic heterocycles. The van der Waals surface area contributed by atoms with Crippen LogP contribution in [0.2, 0.25) is 0 Å². The maximum absolute atomic E-state index is 12.2. The summed E-state index contributed by atoms with van der Waals surface area (Å²) in [5, 5.41) is 9.90. The lowest BCUT2D eigenvalue weighted by Gasteiger charge is -2.11. The number of carbonyl (C=O) groups excluding carboxylic acids is 1. The van der Waals surface area contributed by atoms with Crippen LogP contribution < -0.4 is 10.6 Å². The zero-order valence-corrected chi connectivity index (χ0v) is 12.0. The molecule has 2 N–H and O–H groups in total. The van der Waals surface area contributed by atoms with Gasteiger partial charge in [0, 0.05) is 18.3 Å². The van der Waals surface area contributed by atoms with Crippen molar-refractivity contribution in [3.63, 3.8) is 0 Å². The minimum absolute atomic E-state index is 0.124. The number of nitrogens with zero attached hydrogens (tertiary/aromatic N) is 1. The summed E-state index contributed by atoms with van der Waals surface area (Å²) in [6.07, 6.45) is 0. The molecule has 0 atom stereocenters. The first kappa shape index (κ1) is 14.1. The molecule has 106 valence electrons. The fraction of sp³-hybridized carbons (Fsp3) is 0.333. The van der Waals surface area contributed by atoms with Crippen molar-refractivity contribution in [2.75, 3.05) is 11.9 Å². The number of aryl methyl sites for hydroxylation is 2. The van der Waals surface area contributed by atoms with Crippen LogP contribution in [0.25, 0.3) is 0 Å². The molecule has 2 rings (SSSR count). The second kappa shape index (κ2) is 6.23. The van der Waals surface area contributed by atoms with Gasteiger partial charge in [-0.1, -0.05) is 11.2 Å². The second-order valence-electron chi connectivity index (χ2n) is 4.69. The van der Waals surface area contributed by atoms with Crippen LogP contribution in [0.3, 0.4) is 0 Å². The summed E-state index contributed by atoms with van der Waals surface area (Å²) in [6.45, 7) is 6.95. The SMILES string of the molecule is CCNc1cc(C)ccc1C(=O)NCc1cc(C)on1. The average Bonchev–Trinajstić information content (AvgIpc) is 2.82. The molecule has 0 fully saturated rings. The van der Waals surface area contributed by atoms with Crippen molar-refractivity contribution in [3.8, 4) is 0 Å². The molecule has 20 heavy (non-hydrogen) atoms. The Balaban J connectivity index is 2.08. The smallest absolute Gasteiger partial charge is 0.253 e. The van der Waals surface area contributed by atoms with Gasteiger partial charge in [0.25, 0.3) is 5.91 Å². The number of hydrogen-bond donors (Lipinski definition) is 2. The molecular weight excluding hydrogens is 254 g/mol. The Kier molecular flexibility index (Phi) is 4.40. The van der Waals surface area contributed by atoms with E-state index in [0.717, 1.165) is 23.6 Å². The molecule has 0 spiro atoms. The number of anilines is 1. The summed E-state index contributed by atoms with van der Waals surface area (Å²) in [5.74, 6) is 0.611. The summed E-state index contributed by atoms with van der Waals surface area (Å²) in [4.78, 5) is 12.2. The van der Waals surface area contributed by atoms with Crippen LogP contribution in [0, 0.1) is 13.8 Å². The Hall–Kier alpha value is -2.30. The van der Waals surface area contributed by atoms with Crippen LogP contribution in [0.4, 0.5) is 5.69 Å². The van der Waals surface area contributed by atoms with Gasteiger partial charge in [0.05, 0.1) is 12.1 Å². The van der Waals surface area contributed by atoms with Crippen molar-refractivity contribution in [3.05, 3.63) is 46.8 Å². The molecule has 2 aromatic rings. The van der Waals surface area contributed by atoms with E-state index in [-0.39, 0.29) is 5.91 Å². The van der Waals surface area contributed by atoms with Gasteiger partial charge in [-0.05, 0) is 38.5 Å². The molecule has 1 aromatic carbocycles. The van der Waals surface area contributed by atoms with Crippen LogP contribution in [-0.2, 0) is 6.54 Å². The standard InChI is InChI=1S/C15H19N3O2/c1-4-16-14-7-10(2)5-6-13(14)15(19)17-9-12-8-11(3)20-18-12/h5-8,16H,4,9H2,1-3H3,(H,17,19). The van der Waals surface area contributed by atoms with Gasteiger partial charge in [-0.25, -0.2) is 0 Å². The third-order valence-corrected chi connectivity index (χ3v) is 2.89. The summed E-state index contributed by atoms with van der Waals surface area (Å²) in [6, 6.07) is 7.53. The molecule has 0 aliphatic carbocycles. The minimum Gasteiger partial charge on any atom is -0.385 e. The highest BCUT2D eigenvalue weighted by Gasteiger charge is 2.11. The van der Waals surface area contributed by atoms with Crippen LogP contribution in [0.15, 0.2) is 28.8 Å². The number of aromatic nitrogens is 1. The number of carbonyl (C=O) groups is 1. The number of amides is 1. The van der Waals surface area contributed by atoms with Gasteiger partial charge in [0.1, 0.15) is 11.5 Å². The third-order valence-electron chi connectivity index (χ3n) is 2.89. The number of rotatable bonds is 5. The van der Waals surface area contributed by atoms with Gasteiger partial charge in [0.2, 0.25) is 0 Å². The van der Waals surface area contributed by atoms with E-state index in [4.69, 9.17) is 4.52 Å². The predicted molar refractivity (Wildman–Crippen MR) is 77.8 cm³/mol. The molecule has 1 aromatic heterocycles. The Morgan fingerprint density at radius 3 is 2.75 bits per heavy atom. The van der Waals surface area contributed by atoms with Crippen LogP contribution in [0.5, 0.6) is 0 Å². The lowest BCUT2D eigenvalue weighted by molar-refractivity contribution is 0.0951. The highest BCUT2D eigenvalue weighted by Crippen LogP contribution is 2.17. The van der Waals surface area contributed by atoms with E-state index >= 15 is 0 Å². The van der Waals surface area contributed by atoms with E-state index in [1.54, 1.807) is 6.07 Å². The van der Waals surface area contributed by atoms with Crippen molar-refractivity contribution in [1.82, 2.24) is 10.5 Å². The third kappa shape index (κ3) is 3.38. The average molecular weight is 273 g/mol. The van der Waals surface area contributed by atoms with Crippen molar-refractivity contribution >= 4 is 11.6 Å². The monoisotopic (exact) mass is 273 g/mol. The molecule has 0 bridgehead atoms. The largest absolute Gasteiger partial charge is 0.385 e. The summed E-state index contributed by atoms with van der Waals surface area (Å²) >= 11 is 0. The Morgan fingerprint density at radius 1 is 1.30 bits per heavy atom. The number of benzene rings is 1. The molecule has 5 nitrogen and oxygen atoms in total. The minimum atomic E-state index is -0.124. The first-order valence-corrected chi connectivity index (χ1v) is 6.65.